The van der Waals surface area contributed by atoms with E-state index < -0.39 is 0 Å². The molecule has 1 aromatic rings. The Kier molecular flexibility index (Phi) is 7.35. The van der Waals surface area contributed by atoms with Crippen molar-refractivity contribution >= 4 is 11.6 Å². The molecule has 86 valence electrons. The number of rotatable bonds is 3. The molecule has 0 heterocycles. The van der Waals surface area contributed by atoms with Gasteiger partial charge in [0.25, 0.3) is 0 Å². The first-order chi connectivity index (χ1) is 7.16. The number of ether oxygens (including phenoxy) is 1. The van der Waals surface area contributed by atoms with Gasteiger partial charge in [0.2, 0.25) is 0 Å². The van der Waals surface area contributed by atoms with Crippen molar-refractivity contribution in [3.05, 3.63) is 34.6 Å². The van der Waals surface area contributed by atoms with Crippen LogP contribution in [0.3, 0.4) is 0 Å². The molecule has 0 saturated carbocycles. The Hall–Kier alpha value is -0.600. The van der Waals surface area contributed by atoms with Crippen LogP contribution in [0.4, 0.5) is 4.39 Å². The van der Waals surface area contributed by atoms with E-state index in [0.717, 1.165) is 0 Å². The van der Waals surface area contributed by atoms with Gasteiger partial charge in [-0.25, -0.2) is 4.39 Å². The molecule has 0 aromatic heterocycles. The van der Waals surface area contributed by atoms with E-state index in [9.17, 15) is 4.39 Å². The lowest BCUT2D eigenvalue weighted by Gasteiger charge is -2.14. The number of hydrogen-bond donors (Lipinski definition) is 0. The van der Waals surface area contributed by atoms with Crippen LogP contribution in [0, 0.1) is 5.82 Å². The molecule has 0 aliphatic carbocycles. The minimum Gasteiger partial charge on any atom is -0.374 e. The van der Waals surface area contributed by atoms with E-state index in [2.05, 4.69) is 0 Å². The van der Waals surface area contributed by atoms with Gasteiger partial charge in [-0.05, 0) is 26.0 Å². The molecule has 0 radical (unpaired) electrons. The summed E-state index contributed by atoms with van der Waals surface area (Å²) in [5.41, 5.74) is 0.436. The Morgan fingerprint density at radius 1 is 1.40 bits per heavy atom. The normalized spacial score (nSPS) is 11.6. The lowest BCUT2D eigenvalue weighted by Crippen LogP contribution is -2.02. The predicted octanol–water partition coefficient (Wildman–Crippen LogP) is 4.60. The first-order valence-corrected chi connectivity index (χ1v) is 5.60. The van der Waals surface area contributed by atoms with Gasteiger partial charge >= 0.3 is 0 Å². The number of halogens is 2. The van der Waals surface area contributed by atoms with Crippen LogP contribution >= 0.6 is 11.6 Å². The third-order valence-electron chi connectivity index (χ3n) is 1.82. The maximum absolute atomic E-state index is 13.3. The fourth-order valence-corrected chi connectivity index (χ4v) is 1.55. The molecule has 1 unspecified atom stereocenters. The summed E-state index contributed by atoms with van der Waals surface area (Å²) in [5, 5.41) is 0.418. The van der Waals surface area contributed by atoms with Crippen molar-refractivity contribution in [3.63, 3.8) is 0 Å². The monoisotopic (exact) mass is 232 g/mol. The van der Waals surface area contributed by atoms with E-state index in [1.54, 1.807) is 19.1 Å². The molecule has 0 amide bonds. The maximum atomic E-state index is 13.3. The van der Waals surface area contributed by atoms with Gasteiger partial charge < -0.3 is 4.74 Å². The highest BCUT2D eigenvalue weighted by Gasteiger charge is 2.13. The fourth-order valence-electron chi connectivity index (χ4n) is 1.23. The topological polar surface area (TPSA) is 9.23 Å². The van der Waals surface area contributed by atoms with Crippen molar-refractivity contribution in [3.8, 4) is 0 Å². The summed E-state index contributed by atoms with van der Waals surface area (Å²) in [7, 11) is 0. The predicted molar refractivity (Wildman–Crippen MR) is 62.8 cm³/mol. The largest absolute Gasteiger partial charge is 0.374 e. The first kappa shape index (κ1) is 14.4. The van der Waals surface area contributed by atoms with E-state index in [1.807, 2.05) is 20.8 Å². The molecule has 1 rings (SSSR count). The second-order valence-corrected chi connectivity index (χ2v) is 3.14. The third kappa shape index (κ3) is 4.18. The molecule has 0 saturated heterocycles. The minimum absolute atomic E-state index is 0.293. The lowest BCUT2D eigenvalue weighted by molar-refractivity contribution is 0.0739. The molecule has 0 N–H and O–H groups in total. The second-order valence-electron chi connectivity index (χ2n) is 2.73. The highest BCUT2D eigenvalue weighted by atomic mass is 35.5. The zero-order valence-corrected chi connectivity index (χ0v) is 10.4. The van der Waals surface area contributed by atoms with Crippen molar-refractivity contribution in [1.29, 1.82) is 0 Å². The zero-order valence-electron chi connectivity index (χ0n) is 9.68. The zero-order chi connectivity index (χ0) is 11.8. The van der Waals surface area contributed by atoms with Crippen LogP contribution < -0.4 is 0 Å². The van der Waals surface area contributed by atoms with Crippen LogP contribution in [0.25, 0.3) is 0 Å². The number of benzene rings is 1. The SMILES string of the molecule is CC.CCOC(C)c1c(F)cccc1Cl. The van der Waals surface area contributed by atoms with Gasteiger partial charge in [-0.2, -0.15) is 0 Å². The summed E-state index contributed by atoms with van der Waals surface area (Å²) in [6, 6.07) is 4.63. The fraction of sp³-hybridized carbons (Fsp3) is 0.500. The number of hydrogen-bond acceptors (Lipinski definition) is 1. The summed E-state index contributed by atoms with van der Waals surface area (Å²) in [5.74, 6) is -0.312. The van der Waals surface area contributed by atoms with Gasteiger partial charge in [0.15, 0.2) is 0 Å². The molecule has 0 aliphatic rings. The molecule has 3 heteroatoms. The van der Waals surface area contributed by atoms with Crippen molar-refractivity contribution in [2.24, 2.45) is 0 Å². The van der Waals surface area contributed by atoms with Gasteiger partial charge in [-0.3, -0.25) is 0 Å². The quantitative estimate of drug-likeness (QED) is 0.740. The lowest BCUT2D eigenvalue weighted by atomic mass is 10.1. The van der Waals surface area contributed by atoms with Gasteiger partial charge in [0, 0.05) is 17.2 Å². The Morgan fingerprint density at radius 3 is 2.47 bits per heavy atom. The smallest absolute Gasteiger partial charge is 0.130 e. The van der Waals surface area contributed by atoms with Crippen molar-refractivity contribution < 1.29 is 9.13 Å². The molecule has 1 atom stereocenters. The summed E-state index contributed by atoms with van der Waals surface area (Å²) >= 11 is 5.84. The Labute approximate surface area is 96.2 Å². The molecule has 0 aliphatic heterocycles. The molecular formula is C12H18ClFO. The first-order valence-electron chi connectivity index (χ1n) is 5.22. The molecular weight excluding hydrogens is 215 g/mol. The molecule has 0 spiro atoms. The molecule has 1 aromatic carbocycles. The summed E-state index contributed by atoms with van der Waals surface area (Å²) in [4.78, 5) is 0. The van der Waals surface area contributed by atoms with Gasteiger partial charge in [0.05, 0.1) is 6.10 Å². The molecule has 15 heavy (non-hydrogen) atoms. The standard InChI is InChI=1S/C10H12ClFO.C2H6/c1-3-13-7(2)10-8(11)5-4-6-9(10)12;1-2/h4-7H,3H2,1-2H3;1-2H3. The average Bonchev–Trinajstić information content (AvgIpc) is 2.21. The van der Waals surface area contributed by atoms with Crippen LogP contribution in [0.2, 0.25) is 5.02 Å². The van der Waals surface area contributed by atoms with Gasteiger partial charge in [-0.1, -0.05) is 31.5 Å². The average molecular weight is 233 g/mol. The molecule has 0 fully saturated rings. The van der Waals surface area contributed by atoms with Crippen LogP contribution in [-0.2, 0) is 4.74 Å². The highest BCUT2D eigenvalue weighted by molar-refractivity contribution is 6.31. The Balaban J connectivity index is 0.000000921. The van der Waals surface area contributed by atoms with Gasteiger partial charge in [-0.15, -0.1) is 0 Å². The van der Waals surface area contributed by atoms with Crippen molar-refractivity contribution in [1.82, 2.24) is 0 Å². The van der Waals surface area contributed by atoms with Crippen LogP contribution in [0.5, 0.6) is 0 Å². The summed E-state index contributed by atoms with van der Waals surface area (Å²) < 4.78 is 18.5. The van der Waals surface area contributed by atoms with E-state index in [1.165, 1.54) is 6.07 Å². The van der Waals surface area contributed by atoms with Crippen LogP contribution in [0.15, 0.2) is 18.2 Å². The third-order valence-corrected chi connectivity index (χ3v) is 2.15. The maximum Gasteiger partial charge on any atom is 0.130 e. The van der Waals surface area contributed by atoms with Crippen LogP contribution in [0.1, 0.15) is 39.4 Å². The highest BCUT2D eigenvalue weighted by Crippen LogP contribution is 2.27. The van der Waals surface area contributed by atoms with E-state index >= 15 is 0 Å². The molecule has 0 bridgehead atoms. The molecule has 1 nitrogen and oxygen atoms in total. The Bertz CT molecular complexity index is 269. The Morgan fingerprint density at radius 2 is 2.00 bits per heavy atom. The van der Waals surface area contributed by atoms with Crippen molar-refractivity contribution in [2.75, 3.05) is 6.61 Å². The van der Waals surface area contributed by atoms with Crippen LogP contribution in [-0.4, -0.2) is 6.61 Å². The summed E-state index contributed by atoms with van der Waals surface area (Å²) in [6.45, 7) is 8.20. The van der Waals surface area contributed by atoms with Crippen molar-refractivity contribution in [2.45, 2.75) is 33.8 Å². The van der Waals surface area contributed by atoms with E-state index in [0.29, 0.717) is 17.2 Å². The minimum atomic E-state index is -0.312. The summed E-state index contributed by atoms with van der Waals surface area (Å²) in [6.07, 6.45) is -0.293. The van der Waals surface area contributed by atoms with Gasteiger partial charge in [0.1, 0.15) is 5.82 Å². The van der Waals surface area contributed by atoms with E-state index in [-0.39, 0.29) is 11.9 Å². The van der Waals surface area contributed by atoms with E-state index in [4.69, 9.17) is 16.3 Å². The second kappa shape index (κ2) is 7.66.